The molecule has 4 rings (SSSR count). The van der Waals surface area contributed by atoms with E-state index in [4.69, 9.17) is 4.74 Å². The van der Waals surface area contributed by atoms with Crippen molar-refractivity contribution in [3.63, 3.8) is 0 Å². The van der Waals surface area contributed by atoms with Crippen molar-refractivity contribution in [2.24, 2.45) is 5.41 Å². The van der Waals surface area contributed by atoms with Crippen molar-refractivity contribution in [2.75, 3.05) is 44.3 Å². The molecule has 3 heterocycles. The zero-order valence-electron chi connectivity index (χ0n) is 14.4. The van der Waals surface area contributed by atoms with Crippen LogP contribution < -0.4 is 4.90 Å². The Labute approximate surface area is 144 Å². The lowest BCUT2D eigenvalue weighted by Crippen LogP contribution is -2.39. The van der Waals surface area contributed by atoms with Crippen LogP contribution in [0.2, 0.25) is 0 Å². The van der Waals surface area contributed by atoms with Gasteiger partial charge in [-0.25, -0.2) is 4.98 Å². The third kappa shape index (κ3) is 3.02. The quantitative estimate of drug-likeness (QED) is 0.837. The van der Waals surface area contributed by atoms with Crippen molar-refractivity contribution in [2.45, 2.75) is 38.5 Å². The molecule has 1 aromatic rings. The van der Waals surface area contributed by atoms with Crippen LogP contribution in [0.3, 0.4) is 0 Å². The number of rotatable bonds is 2. The summed E-state index contributed by atoms with van der Waals surface area (Å²) in [6.07, 6.45) is 9.56. The van der Waals surface area contributed by atoms with Crippen LogP contribution in [0.5, 0.6) is 0 Å². The second-order valence-electron chi connectivity index (χ2n) is 7.51. The summed E-state index contributed by atoms with van der Waals surface area (Å²) < 4.78 is 5.43. The molecule has 1 saturated carbocycles. The number of aromatic nitrogens is 1. The Morgan fingerprint density at radius 2 is 1.88 bits per heavy atom. The Kier molecular flexibility index (Phi) is 4.44. The SMILES string of the molecule is O=C(c1cccnc1N1CCOCC1)N1CCC2(CCCCC2)C1. The number of anilines is 1. The van der Waals surface area contributed by atoms with E-state index in [9.17, 15) is 4.79 Å². The van der Waals surface area contributed by atoms with Gasteiger partial charge in [-0.2, -0.15) is 0 Å². The van der Waals surface area contributed by atoms with Crippen LogP contribution in [-0.2, 0) is 4.74 Å². The van der Waals surface area contributed by atoms with Crippen LogP contribution in [0.15, 0.2) is 18.3 Å². The van der Waals surface area contributed by atoms with Crippen LogP contribution in [0, 0.1) is 5.41 Å². The van der Waals surface area contributed by atoms with E-state index < -0.39 is 0 Å². The average Bonchev–Trinajstić information content (AvgIpc) is 3.06. The highest BCUT2D eigenvalue weighted by molar-refractivity contribution is 5.99. The Hall–Kier alpha value is -1.62. The maximum absolute atomic E-state index is 13.2. The summed E-state index contributed by atoms with van der Waals surface area (Å²) in [7, 11) is 0. The van der Waals surface area contributed by atoms with Gasteiger partial charge in [0.1, 0.15) is 5.82 Å². The molecule has 2 saturated heterocycles. The average molecular weight is 329 g/mol. The van der Waals surface area contributed by atoms with Gasteiger partial charge in [0.2, 0.25) is 0 Å². The van der Waals surface area contributed by atoms with Gasteiger partial charge < -0.3 is 14.5 Å². The van der Waals surface area contributed by atoms with Crippen molar-refractivity contribution in [1.29, 1.82) is 0 Å². The van der Waals surface area contributed by atoms with Gasteiger partial charge in [0.25, 0.3) is 5.91 Å². The van der Waals surface area contributed by atoms with E-state index in [0.717, 1.165) is 37.6 Å². The van der Waals surface area contributed by atoms with Crippen molar-refractivity contribution >= 4 is 11.7 Å². The monoisotopic (exact) mass is 329 g/mol. The first kappa shape index (κ1) is 15.9. The molecule has 0 aromatic carbocycles. The molecular formula is C19H27N3O2. The summed E-state index contributed by atoms with van der Waals surface area (Å²) in [5.41, 5.74) is 1.15. The van der Waals surface area contributed by atoms with E-state index in [1.54, 1.807) is 6.20 Å². The Bertz CT molecular complexity index is 592. The van der Waals surface area contributed by atoms with Gasteiger partial charge in [-0.1, -0.05) is 19.3 Å². The highest BCUT2D eigenvalue weighted by Crippen LogP contribution is 2.44. The molecule has 0 unspecified atom stereocenters. The second-order valence-corrected chi connectivity index (χ2v) is 7.51. The molecule has 0 N–H and O–H groups in total. The van der Waals surface area contributed by atoms with Crippen molar-refractivity contribution in [3.05, 3.63) is 23.9 Å². The molecule has 130 valence electrons. The minimum absolute atomic E-state index is 0.159. The van der Waals surface area contributed by atoms with Crippen LogP contribution in [0.1, 0.15) is 48.9 Å². The maximum Gasteiger partial charge on any atom is 0.257 e. The number of carbonyl (C=O) groups is 1. The molecule has 5 heteroatoms. The predicted octanol–water partition coefficient (Wildman–Crippen LogP) is 2.71. The summed E-state index contributed by atoms with van der Waals surface area (Å²) >= 11 is 0. The molecule has 2 aliphatic heterocycles. The van der Waals surface area contributed by atoms with Gasteiger partial charge in [-0.05, 0) is 36.8 Å². The standard InChI is InChI=1S/C19H27N3O2/c23-18(22-10-8-19(15-22)6-2-1-3-7-19)16-5-4-9-20-17(16)21-11-13-24-14-12-21/h4-5,9H,1-3,6-8,10-15H2. The lowest BCUT2D eigenvalue weighted by molar-refractivity contribution is 0.0758. The molecule has 0 atom stereocenters. The van der Waals surface area contributed by atoms with E-state index in [1.165, 1.54) is 38.5 Å². The van der Waals surface area contributed by atoms with E-state index in [-0.39, 0.29) is 5.91 Å². The first-order chi connectivity index (χ1) is 11.8. The van der Waals surface area contributed by atoms with Crippen LogP contribution in [0.4, 0.5) is 5.82 Å². The first-order valence-electron chi connectivity index (χ1n) is 9.34. The van der Waals surface area contributed by atoms with Gasteiger partial charge in [0.05, 0.1) is 18.8 Å². The van der Waals surface area contributed by atoms with Crippen LogP contribution in [0.25, 0.3) is 0 Å². The number of ether oxygens (including phenoxy) is 1. The maximum atomic E-state index is 13.2. The molecular weight excluding hydrogens is 302 g/mol. The summed E-state index contributed by atoms with van der Waals surface area (Å²) in [5, 5.41) is 0. The van der Waals surface area contributed by atoms with Crippen LogP contribution >= 0.6 is 0 Å². The lowest BCUT2D eigenvalue weighted by atomic mass is 9.73. The zero-order valence-corrected chi connectivity index (χ0v) is 14.4. The summed E-state index contributed by atoms with van der Waals surface area (Å²) in [6, 6.07) is 3.82. The highest BCUT2D eigenvalue weighted by atomic mass is 16.5. The molecule has 3 aliphatic rings. The summed E-state index contributed by atoms with van der Waals surface area (Å²) in [4.78, 5) is 21.9. The Morgan fingerprint density at radius 3 is 2.67 bits per heavy atom. The number of nitrogens with zero attached hydrogens (tertiary/aromatic N) is 3. The van der Waals surface area contributed by atoms with Gasteiger partial charge in [0, 0.05) is 32.4 Å². The number of pyridine rings is 1. The molecule has 3 fully saturated rings. The minimum Gasteiger partial charge on any atom is -0.378 e. The van der Waals surface area contributed by atoms with Crippen LogP contribution in [-0.4, -0.2) is 55.2 Å². The third-order valence-corrected chi connectivity index (χ3v) is 5.97. The molecule has 1 aromatic heterocycles. The summed E-state index contributed by atoms with van der Waals surface area (Å²) in [5.74, 6) is 0.988. The van der Waals surface area contributed by atoms with E-state index in [2.05, 4.69) is 14.8 Å². The second kappa shape index (κ2) is 6.71. The fourth-order valence-electron chi connectivity index (χ4n) is 4.58. The molecule has 0 radical (unpaired) electrons. The van der Waals surface area contributed by atoms with Crippen molar-refractivity contribution in [1.82, 2.24) is 9.88 Å². The topological polar surface area (TPSA) is 45.7 Å². The zero-order chi connectivity index (χ0) is 16.4. The molecule has 1 aliphatic carbocycles. The number of amides is 1. The van der Waals surface area contributed by atoms with Crippen molar-refractivity contribution in [3.8, 4) is 0 Å². The normalized spacial score (nSPS) is 23.7. The van der Waals surface area contributed by atoms with Crippen molar-refractivity contribution < 1.29 is 9.53 Å². The first-order valence-corrected chi connectivity index (χ1v) is 9.34. The molecule has 1 amide bonds. The highest BCUT2D eigenvalue weighted by Gasteiger charge is 2.41. The Balaban J connectivity index is 1.52. The van der Waals surface area contributed by atoms with E-state index in [0.29, 0.717) is 18.6 Å². The van der Waals surface area contributed by atoms with E-state index >= 15 is 0 Å². The predicted molar refractivity (Wildman–Crippen MR) is 93.3 cm³/mol. The largest absolute Gasteiger partial charge is 0.378 e. The number of hydrogen-bond donors (Lipinski definition) is 0. The fraction of sp³-hybridized carbons (Fsp3) is 0.684. The minimum atomic E-state index is 0.159. The third-order valence-electron chi connectivity index (χ3n) is 5.97. The fourth-order valence-corrected chi connectivity index (χ4v) is 4.58. The number of morpholine rings is 1. The van der Waals surface area contributed by atoms with Gasteiger partial charge >= 0.3 is 0 Å². The number of likely N-dealkylation sites (tertiary alicyclic amines) is 1. The molecule has 24 heavy (non-hydrogen) atoms. The summed E-state index contributed by atoms with van der Waals surface area (Å²) in [6.45, 7) is 4.86. The Morgan fingerprint density at radius 1 is 1.08 bits per heavy atom. The lowest BCUT2D eigenvalue weighted by Gasteiger charge is -2.33. The number of carbonyl (C=O) groups excluding carboxylic acids is 1. The van der Waals surface area contributed by atoms with Gasteiger partial charge in [-0.3, -0.25) is 4.79 Å². The number of hydrogen-bond acceptors (Lipinski definition) is 4. The molecule has 0 bridgehead atoms. The van der Waals surface area contributed by atoms with Gasteiger partial charge in [-0.15, -0.1) is 0 Å². The molecule has 5 nitrogen and oxygen atoms in total. The van der Waals surface area contributed by atoms with E-state index in [1.807, 2.05) is 12.1 Å². The molecule has 1 spiro atoms. The smallest absolute Gasteiger partial charge is 0.257 e. The van der Waals surface area contributed by atoms with Gasteiger partial charge in [0.15, 0.2) is 0 Å².